The minimum absolute atomic E-state index is 0.0252. The summed E-state index contributed by atoms with van der Waals surface area (Å²) in [7, 11) is 0. The zero-order chi connectivity index (χ0) is 10.4. The summed E-state index contributed by atoms with van der Waals surface area (Å²) < 4.78 is 10.4. The smallest absolute Gasteiger partial charge is 0.309 e. The van der Waals surface area contributed by atoms with Crippen LogP contribution >= 0.6 is 0 Å². The van der Waals surface area contributed by atoms with Gasteiger partial charge in [-0.25, -0.2) is 0 Å². The summed E-state index contributed by atoms with van der Waals surface area (Å²) in [5, 5.41) is 0. The fourth-order valence-electron chi connectivity index (χ4n) is 1.43. The van der Waals surface area contributed by atoms with Crippen LogP contribution < -0.4 is 5.73 Å². The van der Waals surface area contributed by atoms with Crippen LogP contribution in [0.1, 0.15) is 26.2 Å². The lowest BCUT2D eigenvalue weighted by Gasteiger charge is -2.14. The van der Waals surface area contributed by atoms with E-state index < -0.39 is 0 Å². The Morgan fingerprint density at radius 2 is 2.50 bits per heavy atom. The monoisotopic (exact) mass is 201 g/mol. The van der Waals surface area contributed by atoms with Gasteiger partial charge in [0.1, 0.15) is 6.10 Å². The van der Waals surface area contributed by atoms with Gasteiger partial charge >= 0.3 is 5.97 Å². The van der Waals surface area contributed by atoms with E-state index in [2.05, 4.69) is 0 Å². The predicted molar refractivity (Wildman–Crippen MR) is 52.8 cm³/mol. The molecule has 0 amide bonds. The first-order chi connectivity index (χ1) is 6.74. The molecule has 4 nitrogen and oxygen atoms in total. The molecule has 2 N–H and O–H groups in total. The van der Waals surface area contributed by atoms with Crippen molar-refractivity contribution in [3.8, 4) is 0 Å². The molecule has 1 aliphatic rings. The molecule has 0 aromatic carbocycles. The van der Waals surface area contributed by atoms with Gasteiger partial charge in [-0.1, -0.05) is 6.92 Å². The van der Waals surface area contributed by atoms with Gasteiger partial charge in [-0.3, -0.25) is 4.79 Å². The second kappa shape index (κ2) is 5.98. The predicted octanol–water partition coefficient (Wildman–Crippen LogP) is 0.694. The van der Waals surface area contributed by atoms with Crippen molar-refractivity contribution >= 4 is 5.97 Å². The van der Waals surface area contributed by atoms with E-state index in [9.17, 15) is 4.79 Å². The maximum absolute atomic E-state index is 11.5. The average Bonchev–Trinajstić information content (AvgIpc) is 2.66. The Labute approximate surface area is 84.7 Å². The van der Waals surface area contributed by atoms with E-state index in [1.807, 2.05) is 6.92 Å². The topological polar surface area (TPSA) is 61.6 Å². The zero-order valence-corrected chi connectivity index (χ0v) is 8.70. The summed E-state index contributed by atoms with van der Waals surface area (Å²) in [5.74, 6) is -0.159. The highest BCUT2D eigenvalue weighted by Gasteiger charge is 2.22. The van der Waals surface area contributed by atoms with Crippen LogP contribution in [0.3, 0.4) is 0 Å². The van der Waals surface area contributed by atoms with Crippen LogP contribution in [0.25, 0.3) is 0 Å². The second-order valence-electron chi connectivity index (χ2n) is 3.75. The molecular formula is C10H19NO3. The molecule has 0 radical (unpaired) electrons. The van der Waals surface area contributed by atoms with Crippen LogP contribution in [-0.4, -0.2) is 31.8 Å². The molecule has 1 aliphatic heterocycles. The number of rotatable bonds is 5. The van der Waals surface area contributed by atoms with Gasteiger partial charge in [-0.05, 0) is 19.4 Å². The Kier molecular flexibility index (Phi) is 4.90. The minimum Gasteiger partial charge on any atom is -0.460 e. The highest BCUT2D eigenvalue weighted by molar-refractivity contribution is 5.72. The fourth-order valence-corrected chi connectivity index (χ4v) is 1.43. The van der Waals surface area contributed by atoms with E-state index in [0.29, 0.717) is 19.8 Å². The Morgan fingerprint density at radius 1 is 1.71 bits per heavy atom. The molecule has 1 heterocycles. The van der Waals surface area contributed by atoms with Gasteiger partial charge in [-0.15, -0.1) is 0 Å². The Hall–Kier alpha value is -0.610. The number of carbonyl (C=O) groups excluding carboxylic acids is 1. The first kappa shape index (κ1) is 11.5. The molecule has 4 heteroatoms. The minimum atomic E-state index is -0.117. The van der Waals surface area contributed by atoms with Crippen molar-refractivity contribution in [3.63, 3.8) is 0 Å². The molecule has 0 aliphatic carbocycles. The van der Waals surface area contributed by atoms with Crippen LogP contribution in [0.15, 0.2) is 0 Å². The Bertz CT molecular complexity index is 178. The van der Waals surface area contributed by atoms with Crippen molar-refractivity contribution < 1.29 is 14.3 Å². The lowest BCUT2D eigenvalue weighted by molar-refractivity contribution is -0.153. The third kappa shape index (κ3) is 3.64. The van der Waals surface area contributed by atoms with Gasteiger partial charge in [0.05, 0.1) is 19.1 Å². The van der Waals surface area contributed by atoms with Gasteiger partial charge in [0.2, 0.25) is 0 Å². The van der Waals surface area contributed by atoms with Crippen LogP contribution in [0.2, 0.25) is 0 Å². The zero-order valence-electron chi connectivity index (χ0n) is 8.70. The summed E-state index contributed by atoms with van der Waals surface area (Å²) in [6.45, 7) is 3.77. The van der Waals surface area contributed by atoms with Crippen LogP contribution in [0, 0.1) is 5.92 Å². The molecule has 14 heavy (non-hydrogen) atoms. The highest BCUT2D eigenvalue weighted by atomic mass is 16.6. The molecule has 0 aromatic heterocycles. The molecule has 0 aromatic rings. The fraction of sp³-hybridized carbons (Fsp3) is 0.900. The summed E-state index contributed by atoms with van der Waals surface area (Å²) >= 11 is 0. The summed E-state index contributed by atoms with van der Waals surface area (Å²) in [4.78, 5) is 11.5. The quantitative estimate of drug-likeness (QED) is 0.665. The molecule has 0 saturated carbocycles. The van der Waals surface area contributed by atoms with Crippen LogP contribution in [-0.2, 0) is 14.3 Å². The molecule has 2 atom stereocenters. The van der Waals surface area contributed by atoms with E-state index in [1.54, 1.807) is 0 Å². The second-order valence-corrected chi connectivity index (χ2v) is 3.75. The molecule has 1 fully saturated rings. The number of hydrogen-bond acceptors (Lipinski definition) is 4. The number of hydrogen-bond donors (Lipinski definition) is 1. The van der Waals surface area contributed by atoms with E-state index in [4.69, 9.17) is 15.2 Å². The van der Waals surface area contributed by atoms with E-state index in [0.717, 1.165) is 19.3 Å². The maximum Gasteiger partial charge on any atom is 0.309 e. The molecule has 0 spiro atoms. The highest BCUT2D eigenvalue weighted by Crippen LogP contribution is 2.13. The summed E-state index contributed by atoms with van der Waals surface area (Å²) in [5.41, 5.74) is 5.37. The van der Waals surface area contributed by atoms with Gasteiger partial charge in [0, 0.05) is 6.42 Å². The van der Waals surface area contributed by atoms with Crippen molar-refractivity contribution in [1.82, 2.24) is 0 Å². The van der Waals surface area contributed by atoms with Gasteiger partial charge < -0.3 is 15.2 Å². The molecule has 82 valence electrons. The standard InChI is InChI=1S/C10H19NO3/c1-8(3-2-5-11)10(12)14-9-4-6-13-7-9/h8-9H,2-7,11H2,1H3. The van der Waals surface area contributed by atoms with E-state index >= 15 is 0 Å². The SMILES string of the molecule is CC(CCCN)C(=O)OC1CCOC1. The number of carbonyl (C=O) groups is 1. The third-order valence-corrected chi connectivity index (χ3v) is 2.41. The first-order valence-electron chi connectivity index (χ1n) is 5.22. The first-order valence-corrected chi connectivity index (χ1v) is 5.22. The largest absolute Gasteiger partial charge is 0.460 e. The summed E-state index contributed by atoms with van der Waals surface area (Å²) in [6, 6.07) is 0. The lowest BCUT2D eigenvalue weighted by atomic mass is 10.1. The molecule has 1 saturated heterocycles. The van der Waals surface area contributed by atoms with Crippen molar-refractivity contribution in [1.29, 1.82) is 0 Å². The normalized spacial score (nSPS) is 23.4. The van der Waals surface area contributed by atoms with Crippen molar-refractivity contribution in [2.75, 3.05) is 19.8 Å². The average molecular weight is 201 g/mol. The van der Waals surface area contributed by atoms with Crippen LogP contribution in [0.5, 0.6) is 0 Å². The van der Waals surface area contributed by atoms with Gasteiger partial charge in [0.15, 0.2) is 0 Å². The van der Waals surface area contributed by atoms with Crippen molar-refractivity contribution in [2.24, 2.45) is 11.7 Å². The molecule has 2 unspecified atom stereocenters. The molecule has 0 bridgehead atoms. The van der Waals surface area contributed by atoms with Crippen LogP contribution in [0.4, 0.5) is 0 Å². The van der Waals surface area contributed by atoms with E-state index in [-0.39, 0.29) is 18.0 Å². The Morgan fingerprint density at radius 3 is 3.07 bits per heavy atom. The third-order valence-electron chi connectivity index (χ3n) is 2.41. The maximum atomic E-state index is 11.5. The van der Waals surface area contributed by atoms with Crippen molar-refractivity contribution in [2.45, 2.75) is 32.3 Å². The van der Waals surface area contributed by atoms with Gasteiger partial charge in [0.25, 0.3) is 0 Å². The van der Waals surface area contributed by atoms with Gasteiger partial charge in [-0.2, -0.15) is 0 Å². The van der Waals surface area contributed by atoms with E-state index in [1.165, 1.54) is 0 Å². The summed E-state index contributed by atoms with van der Waals surface area (Å²) in [6.07, 6.45) is 2.48. The number of esters is 1. The van der Waals surface area contributed by atoms with Crippen molar-refractivity contribution in [3.05, 3.63) is 0 Å². The Balaban J connectivity index is 2.18. The lowest BCUT2D eigenvalue weighted by Crippen LogP contribution is -2.23. The molecular weight excluding hydrogens is 182 g/mol. The molecule has 1 rings (SSSR count). The number of ether oxygens (including phenoxy) is 2. The number of nitrogens with two attached hydrogens (primary N) is 1.